The van der Waals surface area contributed by atoms with Gasteiger partial charge in [0.05, 0.1) is 6.26 Å². The molecule has 0 spiro atoms. The molecule has 0 atom stereocenters. The van der Waals surface area contributed by atoms with Crippen molar-refractivity contribution >= 4 is 11.7 Å². The van der Waals surface area contributed by atoms with E-state index < -0.39 is 17.0 Å². The Morgan fingerprint density at radius 3 is 2.71 bits per heavy atom. The zero-order valence-corrected chi connectivity index (χ0v) is 13.4. The van der Waals surface area contributed by atoms with Gasteiger partial charge in [-0.3, -0.25) is 9.59 Å². The summed E-state index contributed by atoms with van der Waals surface area (Å²) in [7, 11) is 0. The van der Waals surface area contributed by atoms with Crippen LogP contribution >= 0.6 is 0 Å². The van der Waals surface area contributed by atoms with Gasteiger partial charge in [-0.15, -0.1) is 0 Å². The van der Waals surface area contributed by atoms with Gasteiger partial charge in [0.15, 0.2) is 11.6 Å². The zero-order valence-electron chi connectivity index (χ0n) is 13.4. The molecule has 0 aliphatic carbocycles. The third kappa shape index (κ3) is 2.85. The first-order valence-electron chi connectivity index (χ1n) is 7.27. The zero-order chi connectivity index (χ0) is 17.3. The van der Waals surface area contributed by atoms with Crippen molar-refractivity contribution in [1.29, 1.82) is 0 Å². The molecular formula is C16H16N4O4. The van der Waals surface area contributed by atoms with Gasteiger partial charge in [0.1, 0.15) is 17.0 Å². The number of rotatable bonds is 4. The molecule has 8 nitrogen and oxygen atoms in total. The molecule has 0 bridgehead atoms. The summed E-state index contributed by atoms with van der Waals surface area (Å²) in [6, 6.07) is 7.93. The Bertz CT molecular complexity index is 922. The number of aryl methyl sites for hydroxylation is 1. The minimum Gasteiger partial charge on any atom is -0.463 e. The molecule has 124 valence electrons. The molecular weight excluding hydrogens is 312 g/mol. The van der Waals surface area contributed by atoms with Crippen LogP contribution in [0.25, 0.3) is 11.5 Å². The van der Waals surface area contributed by atoms with Crippen molar-refractivity contribution in [2.45, 2.75) is 26.3 Å². The molecule has 0 aromatic carbocycles. The molecule has 0 fully saturated rings. The molecule has 0 unspecified atom stereocenters. The van der Waals surface area contributed by atoms with E-state index in [0.29, 0.717) is 17.2 Å². The summed E-state index contributed by atoms with van der Waals surface area (Å²) in [6.07, 6.45) is 1.51. The van der Waals surface area contributed by atoms with Gasteiger partial charge in [0.2, 0.25) is 0 Å². The summed E-state index contributed by atoms with van der Waals surface area (Å²) in [5, 5.41) is 10.6. The normalized spacial score (nSPS) is 11.5. The second-order valence-electron chi connectivity index (χ2n) is 5.78. The van der Waals surface area contributed by atoms with Crippen molar-refractivity contribution in [3.63, 3.8) is 0 Å². The molecule has 3 rings (SSSR count). The number of hydrogen-bond acceptors (Lipinski definition) is 6. The van der Waals surface area contributed by atoms with Crippen molar-refractivity contribution in [3.05, 3.63) is 52.7 Å². The quantitative estimate of drug-likeness (QED) is 0.787. The molecule has 0 aliphatic heterocycles. The van der Waals surface area contributed by atoms with Crippen LogP contribution in [0.1, 0.15) is 19.6 Å². The van der Waals surface area contributed by atoms with Gasteiger partial charge in [-0.25, -0.2) is 4.68 Å². The molecule has 8 heteroatoms. The molecule has 24 heavy (non-hydrogen) atoms. The largest absolute Gasteiger partial charge is 0.463 e. The van der Waals surface area contributed by atoms with Gasteiger partial charge in [0.25, 0.3) is 11.5 Å². The second kappa shape index (κ2) is 5.80. The standard InChI is InChI=1S/C16H16N4O4/c1-10-9-13(19-24-10)17-15(22)16(2,3)20-14(21)7-6-11(18-20)12-5-4-8-23-12/h4-9H,1-3H3,(H,17,19,22). The molecule has 3 aromatic rings. The maximum absolute atomic E-state index is 12.6. The van der Waals surface area contributed by atoms with Gasteiger partial charge in [-0.2, -0.15) is 5.10 Å². The number of aromatic nitrogens is 3. The van der Waals surface area contributed by atoms with Gasteiger partial charge >= 0.3 is 0 Å². The first-order valence-corrected chi connectivity index (χ1v) is 7.27. The number of nitrogens with one attached hydrogen (secondary N) is 1. The van der Waals surface area contributed by atoms with Crippen molar-refractivity contribution in [3.8, 4) is 11.5 Å². The highest BCUT2D eigenvalue weighted by molar-refractivity contribution is 5.95. The van der Waals surface area contributed by atoms with E-state index >= 15 is 0 Å². The number of carbonyl (C=O) groups is 1. The summed E-state index contributed by atoms with van der Waals surface area (Å²) in [4.78, 5) is 24.8. The number of amides is 1. The van der Waals surface area contributed by atoms with Crippen LogP contribution in [0.3, 0.4) is 0 Å². The Morgan fingerprint density at radius 1 is 1.29 bits per heavy atom. The monoisotopic (exact) mass is 328 g/mol. The van der Waals surface area contributed by atoms with E-state index in [0.717, 1.165) is 4.68 Å². The molecule has 0 saturated carbocycles. The predicted molar refractivity (Wildman–Crippen MR) is 85.4 cm³/mol. The fourth-order valence-electron chi connectivity index (χ4n) is 2.16. The van der Waals surface area contributed by atoms with Gasteiger partial charge < -0.3 is 14.3 Å². The smallest absolute Gasteiger partial charge is 0.267 e. The molecule has 1 amide bonds. The van der Waals surface area contributed by atoms with Gasteiger partial charge in [-0.05, 0) is 39.0 Å². The van der Waals surface area contributed by atoms with Crippen LogP contribution in [-0.4, -0.2) is 20.8 Å². The Morgan fingerprint density at radius 2 is 2.08 bits per heavy atom. The van der Waals surface area contributed by atoms with Crippen molar-refractivity contribution in [1.82, 2.24) is 14.9 Å². The van der Waals surface area contributed by atoms with E-state index in [1.165, 1.54) is 12.3 Å². The lowest BCUT2D eigenvalue weighted by Crippen LogP contribution is -2.47. The fraction of sp³-hybridized carbons (Fsp3) is 0.250. The van der Waals surface area contributed by atoms with Crippen molar-refractivity contribution in [2.75, 3.05) is 5.32 Å². The van der Waals surface area contributed by atoms with Crippen LogP contribution in [0.5, 0.6) is 0 Å². The number of carbonyl (C=O) groups excluding carboxylic acids is 1. The lowest BCUT2D eigenvalue weighted by Gasteiger charge is -2.24. The summed E-state index contributed by atoms with van der Waals surface area (Å²) in [5.41, 5.74) is -1.19. The average molecular weight is 328 g/mol. The van der Waals surface area contributed by atoms with Crippen molar-refractivity contribution < 1.29 is 13.7 Å². The van der Waals surface area contributed by atoms with Crippen LogP contribution in [0.4, 0.5) is 5.82 Å². The van der Waals surface area contributed by atoms with E-state index in [9.17, 15) is 9.59 Å². The third-order valence-corrected chi connectivity index (χ3v) is 3.53. The molecule has 3 heterocycles. The highest BCUT2D eigenvalue weighted by atomic mass is 16.5. The van der Waals surface area contributed by atoms with Gasteiger partial charge in [0, 0.05) is 12.1 Å². The topological polar surface area (TPSA) is 103 Å². The lowest BCUT2D eigenvalue weighted by molar-refractivity contribution is -0.123. The molecule has 0 saturated heterocycles. The van der Waals surface area contributed by atoms with E-state index in [1.54, 1.807) is 45.0 Å². The van der Waals surface area contributed by atoms with E-state index in [1.807, 2.05) is 0 Å². The van der Waals surface area contributed by atoms with Crippen LogP contribution in [-0.2, 0) is 10.3 Å². The first-order chi connectivity index (χ1) is 11.4. The number of hydrogen-bond donors (Lipinski definition) is 1. The number of furan rings is 1. The highest BCUT2D eigenvalue weighted by Gasteiger charge is 2.33. The summed E-state index contributed by atoms with van der Waals surface area (Å²) in [5.74, 6) is 0.910. The van der Waals surface area contributed by atoms with Crippen LogP contribution in [0.15, 0.2) is 50.3 Å². The van der Waals surface area contributed by atoms with Crippen LogP contribution < -0.4 is 10.9 Å². The highest BCUT2D eigenvalue weighted by Crippen LogP contribution is 2.19. The first kappa shape index (κ1) is 15.7. The minimum atomic E-state index is -1.24. The predicted octanol–water partition coefficient (Wildman–Crippen LogP) is 2.17. The Balaban J connectivity index is 1.95. The minimum absolute atomic E-state index is 0.279. The third-order valence-electron chi connectivity index (χ3n) is 3.53. The Hall–Kier alpha value is -3.16. The Labute approximate surface area is 137 Å². The summed E-state index contributed by atoms with van der Waals surface area (Å²) in [6.45, 7) is 4.90. The van der Waals surface area contributed by atoms with Gasteiger partial charge in [-0.1, -0.05) is 5.16 Å². The van der Waals surface area contributed by atoms with E-state index in [-0.39, 0.29) is 5.82 Å². The number of nitrogens with zero attached hydrogens (tertiary/aromatic N) is 3. The van der Waals surface area contributed by atoms with E-state index in [2.05, 4.69) is 15.6 Å². The van der Waals surface area contributed by atoms with E-state index in [4.69, 9.17) is 8.94 Å². The Kier molecular flexibility index (Phi) is 3.80. The number of anilines is 1. The maximum atomic E-state index is 12.6. The molecule has 0 radical (unpaired) electrons. The summed E-state index contributed by atoms with van der Waals surface area (Å²) < 4.78 is 11.3. The molecule has 3 aromatic heterocycles. The average Bonchev–Trinajstić information content (AvgIpc) is 3.19. The van der Waals surface area contributed by atoms with Crippen molar-refractivity contribution in [2.24, 2.45) is 0 Å². The molecule has 0 aliphatic rings. The lowest BCUT2D eigenvalue weighted by atomic mass is 10.0. The summed E-state index contributed by atoms with van der Waals surface area (Å²) >= 11 is 0. The second-order valence-corrected chi connectivity index (χ2v) is 5.78. The molecule has 1 N–H and O–H groups in total. The fourth-order valence-corrected chi connectivity index (χ4v) is 2.16. The maximum Gasteiger partial charge on any atom is 0.267 e. The van der Waals surface area contributed by atoms with Crippen LogP contribution in [0.2, 0.25) is 0 Å². The SMILES string of the molecule is Cc1cc(NC(=O)C(C)(C)n2nc(-c3ccco3)ccc2=O)no1. The van der Waals surface area contributed by atoms with Crippen LogP contribution in [0, 0.1) is 6.92 Å².